The predicted molar refractivity (Wildman–Crippen MR) is 109 cm³/mol. The Morgan fingerprint density at radius 1 is 0.833 bits per heavy atom. The Morgan fingerprint density at radius 2 is 1.47 bits per heavy atom. The molecular formula is C23H20O7. The molecule has 0 aromatic heterocycles. The second-order valence-electron chi connectivity index (χ2n) is 7.46. The first kappa shape index (κ1) is 19.0. The van der Waals surface area contributed by atoms with Crippen molar-refractivity contribution in [2.24, 2.45) is 0 Å². The fraction of sp³-hybridized carbons (Fsp3) is 0.261. The molecule has 1 aliphatic rings. The normalized spacial score (nSPS) is 27.0. The zero-order valence-electron chi connectivity index (χ0n) is 16.1. The highest BCUT2D eigenvalue weighted by Crippen LogP contribution is 2.39. The van der Waals surface area contributed by atoms with Crippen molar-refractivity contribution in [2.75, 3.05) is 7.11 Å². The van der Waals surface area contributed by atoms with Crippen LogP contribution in [0.3, 0.4) is 0 Å². The zero-order valence-corrected chi connectivity index (χ0v) is 16.1. The second kappa shape index (κ2) is 7.07. The zero-order chi connectivity index (χ0) is 21.0. The van der Waals surface area contributed by atoms with E-state index >= 15 is 0 Å². The highest BCUT2D eigenvalue weighted by Gasteiger charge is 2.48. The molecule has 5 rings (SSSR count). The summed E-state index contributed by atoms with van der Waals surface area (Å²) in [5.41, 5.74) is 0. The fourth-order valence-corrected chi connectivity index (χ4v) is 4.19. The topological polar surface area (TPSA) is 105 Å². The van der Waals surface area contributed by atoms with Crippen molar-refractivity contribution in [1.82, 2.24) is 0 Å². The minimum Gasteiger partial charge on any atom is -0.467 e. The van der Waals surface area contributed by atoms with E-state index in [1.54, 1.807) is 6.07 Å². The van der Waals surface area contributed by atoms with Gasteiger partial charge in [-0.15, -0.1) is 0 Å². The quantitative estimate of drug-likeness (QED) is 0.351. The van der Waals surface area contributed by atoms with E-state index in [9.17, 15) is 20.1 Å². The maximum absolute atomic E-state index is 11.9. The van der Waals surface area contributed by atoms with Crippen LogP contribution in [0.2, 0.25) is 0 Å². The summed E-state index contributed by atoms with van der Waals surface area (Å²) in [6.07, 6.45) is -7.66. The number of aliphatic hydroxyl groups excluding tert-OH is 3. The van der Waals surface area contributed by atoms with Crippen molar-refractivity contribution < 1.29 is 34.3 Å². The van der Waals surface area contributed by atoms with Crippen molar-refractivity contribution in [3.8, 4) is 5.75 Å². The van der Waals surface area contributed by atoms with Crippen molar-refractivity contribution >= 4 is 38.3 Å². The fourth-order valence-electron chi connectivity index (χ4n) is 4.19. The van der Waals surface area contributed by atoms with Crippen LogP contribution >= 0.6 is 0 Å². The van der Waals surface area contributed by atoms with Crippen LogP contribution in [0.4, 0.5) is 0 Å². The van der Waals surface area contributed by atoms with Gasteiger partial charge in [-0.2, -0.15) is 0 Å². The first-order valence-corrected chi connectivity index (χ1v) is 9.60. The van der Waals surface area contributed by atoms with Crippen LogP contribution in [0, 0.1) is 0 Å². The summed E-state index contributed by atoms with van der Waals surface area (Å²) in [6, 6.07) is 17.8. The lowest BCUT2D eigenvalue weighted by atomic mass is 9.94. The number of ether oxygens (including phenoxy) is 3. The van der Waals surface area contributed by atoms with Crippen molar-refractivity contribution in [3.63, 3.8) is 0 Å². The molecular weight excluding hydrogens is 388 g/mol. The van der Waals surface area contributed by atoms with Gasteiger partial charge >= 0.3 is 5.97 Å². The minimum atomic E-state index is -1.63. The minimum absolute atomic E-state index is 0.428. The molecule has 30 heavy (non-hydrogen) atoms. The molecule has 0 spiro atoms. The molecule has 7 nitrogen and oxygen atoms in total. The van der Waals surface area contributed by atoms with Gasteiger partial charge in [0.25, 0.3) is 0 Å². The summed E-state index contributed by atoms with van der Waals surface area (Å²) < 4.78 is 16.0. The number of aliphatic hydroxyl groups is 3. The largest absolute Gasteiger partial charge is 0.467 e. The summed E-state index contributed by atoms with van der Waals surface area (Å²) in [4.78, 5) is 11.9. The molecule has 4 aromatic rings. The second-order valence-corrected chi connectivity index (χ2v) is 7.46. The molecule has 5 unspecified atom stereocenters. The third kappa shape index (κ3) is 2.79. The standard InChI is InChI=1S/C23H20O7/c1-28-22(27)21-19(25)18(24)20(26)23(30-21)29-15-10-8-13-6-5-11-3-2-4-12-7-9-14(15)17(13)16(11)12/h2-10,18-21,23-26H,1H3. The Balaban J connectivity index is 1.59. The Kier molecular flexibility index (Phi) is 4.48. The molecule has 1 aliphatic heterocycles. The van der Waals surface area contributed by atoms with Crippen molar-refractivity contribution in [1.29, 1.82) is 0 Å². The van der Waals surface area contributed by atoms with E-state index in [1.165, 1.54) is 0 Å². The molecule has 0 bridgehead atoms. The monoisotopic (exact) mass is 408 g/mol. The van der Waals surface area contributed by atoms with E-state index in [2.05, 4.69) is 10.8 Å². The van der Waals surface area contributed by atoms with Gasteiger partial charge in [0, 0.05) is 10.8 Å². The number of hydrogen-bond donors (Lipinski definition) is 3. The Hall–Kier alpha value is -2.97. The van der Waals surface area contributed by atoms with Gasteiger partial charge in [-0.1, -0.05) is 42.5 Å². The molecule has 0 radical (unpaired) electrons. The molecule has 0 amide bonds. The third-order valence-corrected chi connectivity index (χ3v) is 5.73. The van der Waals surface area contributed by atoms with Gasteiger partial charge < -0.3 is 29.5 Å². The molecule has 5 atom stereocenters. The van der Waals surface area contributed by atoms with E-state index in [1.807, 2.05) is 42.5 Å². The molecule has 1 fully saturated rings. The summed E-state index contributed by atoms with van der Waals surface area (Å²) in [7, 11) is 1.15. The van der Waals surface area contributed by atoms with Crippen LogP contribution in [0.15, 0.2) is 54.6 Å². The molecule has 1 heterocycles. The van der Waals surface area contributed by atoms with Crippen LogP contribution in [0.1, 0.15) is 0 Å². The number of hydrogen-bond acceptors (Lipinski definition) is 7. The number of carbonyl (C=O) groups excluding carboxylic acids is 1. The van der Waals surface area contributed by atoms with Gasteiger partial charge in [0.05, 0.1) is 7.11 Å². The third-order valence-electron chi connectivity index (χ3n) is 5.73. The van der Waals surface area contributed by atoms with E-state index in [0.29, 0.717) is 5.75 Å². The average Bonchev–Trinajstić information content (AvgIpc) is 2.78. The van der Waals surface area contributed by atoms with E-state index < -0.39 is 36.7 Å². The van der Waals surface area contributed by atoms with Gasteiger partial charge in [-0.05, 0) is 33.7 Å². The highest BCUT2D eigenvalue weighted by molar-refractivity contribution is 6.24. The van der Waals surface area contributed by atoms with Gasteiger partial charge in [0.15, 0.2) is 6.10 Å². The molecule has 0 saturated carbocycles. The number of esters is 1. The Bertz CT molecular complexity index is 1220. The lowest BCUT2D eigenvalue weighted by Gasteiger charge is -2.39. The van der Waals surface area contributed by atoms with Gasteiger partial charge in [-0.25, -0.2) is 4.79 Å². The van der Waals surface area contributed by atoms with Crippen LogP contribution in [-0.4, -0.2) is 59.1 Å². The number of benzene rings is 4. The molecule has 3 N–H and O–H groups in total. The summed E-state index contributed by atoms with van der Waals surface area (Å²) in [6.45, 7) is 0. The van der Waals surface area contributed by atoms with E-state index in [0.717, 1.165) is 39.4 Å². The summed E-state index contributed by atoms with van der Waals surface area (Å²) in [5.74, 6) is -0.436. The van der Waals surface area contributed by atoms with Gasteiger partial charge in [0.1, 0.15) is 24.1 Å². The van der Waals surface area contributed by atoms with Crippen molar-refractivity contribution in [3.05, 3.63) is 54.6 Å². The highest BCUT2D eigenvalue weighted by atomic mass is 16.7. The molecule has 1 saturated heterocycles. The summed E-state index contributed by atoms with van der Waals surface area (Å²) in [5, 5.41) is 36.8. The summed E-state index contributed by atoms with van der Waals surface area (Å²) >= 11 is 0. The molecule has 0 aliphatic carbocycles. The van der Waals surface area contributed by atoms with Gasteiger partial charge in [-0.3, -0.25) is 0 Å². The first-order valence-electron chi connectivity index (χ1n) is 9.60. The number of rotatable bonds is 3. The SMILES string of the molecule is COC(=O)C1OC(Oc2ccc3ccc4cccc5ccc2c3c45)C(O)C(O)C1O. The van der Waals surface area contributed by atoms with Crippen LogP contribution in [0.5, 0.6) is 5.75 Å². The smallest absolute Gasteiger partial charge is 0.337 e. The Labute approximate surface area is 171 Å². The maximum atomic E-state index is 11.9. The van der Waals surface area contributed by atoms with Crippen molar-refractivity contribution in [2.45, 2.75) is 30.7 Å². The first-order chi connectivity index (χ1) is 14.5. The average molecular weight is 408 g/mol. The predicted octanol–water partition coefficient (Wildman–Crippen LogP) is 1.94. The number of carbonyl (C=O) groups is 1. The van der Waals surface area contributed by atoms with Crippen LogP contribution in [0.25, 0.3) is 32.3 Å². The molecule has 7 heteroatoms. The lowest BCUT2D eigenvalue weighted by molar-refractivity contribution is -0.271. The van der Waals surface area contributed by atoms with E-state index in [-0.39, 0.29) is 0 Å². The van der Waals surface area contributed by atoms with E-state index in [4.69, 9.17) is 9.47 Å². The number of methoxy groups -OCH3 is 1. The molecule has 4 aromatic carbocycles. The van der Waals surface area contributed by atoms with Gasteiger partial charge in [0.2, 0.25) is 6.29 Å². The van der Waals surface area contributed by atoms with Crippen LogP contribution < -0.4 is 4.74 Å². The maximum Gasteiger partial charge on any atom is 0.337 e. The lowest BCUT2D eigenvalue weighted by Crippen LogP contribution is -2.61. The Morgan fingerprint density at radius 3 is 2.17 bits per heavy atom. The molecule has 154 valence electrons. The van der Waals surface area contributed by atoms with Crippen LogP contribution in [-0.2, 0) is 14.3 Å².